The van der Waals surface area contributed by atoms with E-state index in [1.807, 2.05) is 6.92 Å². The zero-order valence-electron chi connectivity index (χ0n) is 10.9. The van der Waals surface area contributed by atoms with Gasteiger partial charge in [0.1, 0.15) is 11.6 Å². The number of nitrogens with zero attached hydrogens (tertiary/aromatic N) is 2. The van der Waals surface area contributed by atoms with Crippen LogP contribution in [0.2, 0.25) is 0 Å². The summed E-state index contributed by atoms with van der Waals surface area (Å²) in [6.07, 6.45) is 3.33. The second-order valence-corrected chi connectivity index (χ2v) is 4.23. The quantitative estimate of drug-likeness (QED) is 0.750. The molecule has 1 aromatic rings. The Labute approximate surface area is 106 Å². The van der Waals surface area contributed by atoms with Gasteiger partial charge in [-0.1, -0.05) is 13.3 Å². The van der Waals surface area contributed by atoms with Crippen LogP contribution >= 0.6 is 0 Å². The summed E-state index contributed by atoms with van der Waals surface area (Å²) in [4.78, 5) is 22.7. The fraction of sp³-hybridized carbons (Fsp3) is 0.583. The maximum absolute atomic E-state index is 11.8. The van der Waals surface area contributed by atoms with Crippen LogP contribution in [0.3, 0.4) is 0 Å². The first-order chi connectivity index (χ1) is 8.47. The first-order valence-electron chi connectivity index (χ1n) is 6.04. The molecule has 6 nitrogen and oxygen atoms in total. The molecule has 0 saturated carbocycles. The number of hydrogen-bond acceptors (Lipinski definition) is 3. The third-order valence-corrected chi connectivity index (χ3v) is 2.75. The molecule has 1 heterocycles. The van der Waals surface area contributed by atoms with Crippen LogP contribution in [0.4, 0.5) is 0 Å². The monoisotopic (exact) mass is 253 g/mol. The number of aryl methyl sites for hydroxylation is 1. The van der Waals surface area contributed by atoms with Gasteiger partial charge < -0.3 is 10.4 Å². The molecule has 0 aliphatic heterocycles. The minimum absolute atomic E-state index is 0.128. The number of unbranched alkanes of at least 4 members (excludes halogenated alkanes) is 1. The number of carbonyl (C=O) groups is 2. The topological polar surface area (TPSA) is 84.2 Å². The van der Waals surface area contributed by atoms with Gasteiger partial charge in [-0.05, 0) is 20.3 Å². The van der Waals surface area contributed by atoms with Crippen LogP contribution in [-0.4, -0.2) is 33.3 Å². The van der Waals surface area contributed by atoms with E-state index in [9.17, 15) is 9.59 Å². The summed E-state index contributed by atoms with van der Waals surface area (Å²) in [5, 5.41) is 15.8. The summed E-state index contributed by atoms with van der Waals surface area (Å²) in [6.45, 7) is 5.98. The van der Waals surface area contributed by atoms with E-state index < -0.39 is 12.0 Å². The molecule has 1 unspecified atom stereocenters. The van der Waals surface area contributed by atoms with Gasteiger partial charge in [-0.2, -0.15) is 5.10 Å². The minimum Gasteiger partial charge on any atom is -0.478 e. The average Bonchev–Trinajstić information content (AvgIpc) is 2.70. The third-order valence-electron chi connectivity index (χ3n) is 2.75. The molecule has 18 heavy (non-hydrogen) atoms. The fourth-order valence-electron chi connectivity index (χ4n) is 1.55. The van der Waals surface area contributed by atoms with Gasteiger partial charge in [-0.25, -0.2) is 4.79 Å². The highest BCUT2D eigenvalue weighted by Gasteiger charge is 2.19. The number of amides is 1. The van der Waals surface area contributed by atoms with Crippen LogP contribution in [0.25, 0.3) is 0 Å². The molecule has 1 amide bonds. The molecule has 6 heteroatoms. The van der Waals surface area contributed by atoms with E-state index in [4.69, 9.17) is 5.11 Å². The summed E-state index contributed by atoms with van der Waals surface area (Å²) in [5.74, 6) is -1.18. The zero-order chi connectivity index (χ0) is 13.7. The molecule has 1 atom stereocenters. The summed E-state index contributed by atoms with van der Waals surface area (Å²) in [7, 11) is 0. The first kappa shape index (κ1) is 14.2. The molecular formula is C12H19N3O3. The lowest BCUT2D eigenvalue weighted by atomic mass is 10.2. The van der Waals surface area contributed by atoms with E-state index in [0.29, 0.717) is 12.2 Å². The van der Waals surface area contributed by atoms with Crippen LogP contribution in [-0.2, 0) is 4.79 Å². The number of rotatable bonds is 6. The van der Waals surface area contributed by atoms with Gasteiger partial charge in [0, 0.05) is 12.7 Å². The van der Waals surface area contributed by atoms with E-state index in [1.165, 1.54) is 10.9 Å². The SMILES string of the molecule is CCCCNC(=O)C(C)n1cc(C(=O)O)c(C)n1. The van der Waals surface area contributed by atoms with E-state index in [2.05, 4.69) is 10.4 Å². The van der Waals surface area contributed by atoms with Gasteiger partial charge in [0.2, 0.25) is 5.91 Å². The van der Waals surface area contributed by atoms with Gasteiger partial charge in [-0.3, -0.25) is 9.48 Å². The van der Waals surface area contributed by atoms with Crippen LogP contribution in [0.1, 0.15) is 48.8 Å². The van der Waals surface area contributed by atoms with E-state index in [1.54, 1.807) is 13.8 Å². The van der Waals surface area contributed by atoms with Gasteiger partial charge in [-0.15, -0.1) is 0 Å². The van der Waals surface area contributed by atoms with E-state index in [-0.39, 0.29) is 11.5 Å². The fourth-order valence-corrected chi connectivity index (χ4v) is 1.55. The Morgan fingerprint density at radius 2 is 2.22 bits per heavy atom. The molecule has 0 bridgehead atoms. The van der Waals surface area contributed by atoms with Crippen LogP contribution in [0.15, 0.2) is 6.20 Å². The predicted octanol–water partition coefficient (Wildman–Crippen LogP) is 1.37. The van der Waals surface area contributed by atoms with Crippen molar-refractivity contribution >= 4 is 11.9 Å². The van der Waals surface area contributed by atoms with Crippen molar-refractivity contribution in [2.24, 2.45) is 0 Å². The van der Waals surface area contributed by atoms with Crippen LogP contribution in [0, 0.1) is 6.92 Å². The van der Waals surface area contributed by atoms with Gasteiger partial charge >= 0.3 is 5.97 Å². The molecular weight excluding hydrogens is 234 g/mol. The van der Waals surface area contributed by atoms with Crippen molar-refractivity contribution in [2.75, 3.05) is 6.54 Å². The standard InChI is InChI=1S/C12H19N3O3/c1-4-5-6-13-11(16)9(3)15-7-10(12(17)18)8(2)14-15/h7,9H,4-6H2,1-3H3,(H,13,16)(H,17,18). The second kappa shape index (κ2) is 6.18. The Hall–Kier alpha value is -1.85. The Morgan fingerprint density at radius 3 is 2.72 bits per heavy atom. The number of hydrogen-bond donors (Lipinski definition) is 2. The molecule has 0 aliphatic carbocycles. The molecule has 0 spiro atoms. The minimum atomic E-state index is -1.03. The summed E-state index contributed by atoms with van der Waals surface area (Å²) in [5.41, 5.74) is 0.541. The lowest BCUT2D eigenvalue weighted by Gasteiger charge is -2.12. The second-order valence-electron chi connectivity index (χ2n) is 4.23. The molecule has 0 radical (unpaired) electrons. The Kier molecular flexibility index (Phi) is 4.88. The van der Waals surface area contributed by atoms with Crippen molar-refractivity contribution in [3.63, 3.8) is 0 Å². The maximum atomic E-state index is 11.8. The molecule has 0 saturated heterocycles. The number of aromatic carboxylic acids is 1. The number of aromatic nitrogens is 2. The smallest absolute Gasteiger partial charge is 0.339 e. The summed E-state index contributed by atoms with van der Waals surface area (Å²) >= 11 is 0. The first-order valence-corrected chi connectivity index (χ1v) is 6.04. The Bertz CT molecular complexity index is 440. The predicted molar refractivity (Wildman–Crippen MR) is 66.6 cm³/mol. The Morgan fingerprint density at radius 1 is 1.56 bits per heavy atom. The van der Waals surface area contributed by atoms with Gasteiger partial charge in [0.15, 0.2) is 0 Å². The van der Waals surface area contributed by atoms with Gasteiger partial charge in [0.05, 0.1) is 5.69 Å². The van der Waals surface area contributed by atoms with Crippen molar-refractivity contribution in [2.45, 2.75) is 39.7 Å². The van der Waals surface area contributed by atoms with Crippen LogP contribution < -0.4 is 5.32 Å². The largest absolute Gasteiger partial charge is 0.478 e. The van der Waals surface area contributed by atoms with Crippen molar-refractivity contribution in [1.82, 2.24) is 15.1 Å². The summed E-state index contributed by atoms with van der Waals surface area (Å²) < 4.78 is 1.39. The van der Waals surface area contributed by atoms with Gasteiger partial charge in [0.25, 0.3) is 0 Å². The highest BCUT2D eigenvalue weighted by molar-refractivity contribution is 5.88. The molecule has 0 aromatic carbocycles. The van der Waals surface area contributed by atoms with Crippen LogP contribution in [0.5, 0.6) is 0 Å². The molecule has 1 rings (SSSR count). The molecule has 1 aromatic heterocycles. The van der Waals surface area contributed by atoms with Crippen molar-refractivity contribution in [3.8, 4) is 0 Å². The molecule has 0 aliphatic rings. The van der Waals surface area contributed by atoms with Crippen molar-refractivity contribution < 1.29 is 14.7 Å². The van der Waals surface area contributed by atoms with Crippen molar-refractivity contribution in [3.05, 3.63) is 17.5 Å². The summed E-state index contributed by atoms with van der Waals surface area (Å²) in [6, 6.07) is -0.506. The number of carboxylic acid groups (broad SMARTS) is 1. The maximum Gasteiger partial charge on any atom is 0.339 e. The lowest BCUT2D eigenvalue weighted by Crippen LogP contribution is -2.31. The third kappa shape index (κ3) is 3.32. The number of carbonyl (C=O) groups excluding carboxylic acids is 1. The highest BCUT2D eigenvalue weighted by Crippen LogP contribution is 2.11. The number of carboxylic acids is 1. The zero-order valence-corrected chi connectivity index (χ0v) is 10.9. The Balaban J connectivity index is 2.71. The lowest BCUT2D eigenvalue weighted by molar-refractivity contribution is -0.124. The number of nitrogens with one attached hydrogen (secondary N) is 1. The van der Waals surface area contributed by atoms with E-state index in [0.717, 1.165) is 12.8 Å². The molecule has 100 valence electrons. The van der Waals surface area contributed by atoms with Crippen molar-refractivity contribution in [1.29, 1.82) is 0 Å². The molecule has 0 fully saturated rings. The normalized spacial score (nSPS) is 12.2. The average molecular weight is 253 g/mol. The van der Waals surface area contributed by atoms with E-state index >= 15 is 0 Å². The highest BCUT2D eigenvalue weighted by atomic mass is 16.4. The molecule has 2 N–H and O–H groups in total.